The lowest BCUT2D eigenvalue weighted by Crippen LogP contribution is -2.31. The third-order valence-corrected chi connectivity index (χ3v) is 6.90. The van der Waals surface area contributed by atoms with Gasteiger partial charge in [0.25, 0.3) is 5.91 Å². The van der Waals surface area contributed by atoms with Crippen LogP contribution in [-0.4, -0.2) is 27.3 Å². The van der Waals surface area contributed by atoms with Crippen molar-refractivity contribution in [3.05, 3.63) is 82.5 Å². The first-order valence-electron chi connectivity index (χ1n) is 10.3. The highest BCUT2D eigenvalue weighted by Crippen LogP contribution is 2.35. The van der Waals surface area contributed by atoms with E-state index in [-0.39, 0.29) is 11.9 Å². The van der Waals surface area contributed by atoms with Gasteiger partial charge in [-0.05, 0) is 79.1 Å². The van der Waals surface area contributed by atoms with E-state index in [0.717, 1.165) is 52.0 Å². The second-order valence-corrected chi connectivity index (χ2v) is 8.88. The van der Waals surface area contributed by atoms with Crippen LogP contribution in [0.4, 0.5) is 0 Å². The Bertz CT molecular complexity index is 1220. The lowest BCUT2D eigenvalue weighted by Gasteiger charge is -2.26. The Balaban J connectivity index is 1.65. The number of rotatable bonds is 3. The van der Waals surface area contributed by atoms with E-state index in [1.165, 1.54) is 11.1 Å². The second-order valence-electron chi connectivity index (χ2n) is 7.93. The number of fused-ring (bicyclic) bond motifs is 1. The van der Waals surface area contributed by atoms with Crippen LogP contribution in [0.25, 0.3) is 21.5 Å². The number of hydrogen-bond acceptors (Lipinski definition) is 4. The van der Waals surface area contributed by atoms with Gasteiger partial charge in [-0.3, -0.25) is 9.78 Å². The van der Waals surface area contributed by atoms with Crippen molar-refractivity contribution in [1.29, 1.82) is 0 Å². The van der Waals surface area contributed by atoms with Gasteiger partial charge in [0, 0.05) is 24.3 Å². The molecule has 1 saturated heterocycles. The first-order chi connectivity index (χ1) is 14.6. The summed E-state index contributed by atoms with van der Waals surface area (Å²) in [6, 6.07) is 14.3. The molecule has 4 heterocycles. The van der Waals surface area contributed by atoms with Crippen LogP contribution in [0, 0.1) is 13.8 Å². The molecule has 5 heteroatoms. The average molecular weight is 414 g/mol. The SMILES string of the molecule is Cc1cc2nc(-c3cccs3)cc(C(=O)N3CCCC3c3cccnc3)c2cc1C. The van der Waals surface area contributed by atoms with Crippen molar-refractivity contribution >= 4 is 28.1 Å². The molecule has 5 rings (SSSR count). The van der Waals surface area contributed by atoms with Gasteiger partial charge in [0.1, 0.15) is 0 Å². The number of pyridine rings is 2. The fourth-order valence-electron chi connectivity index (χ4n) is 4.30. The maximum Gasteiger partial charge on any atom is 0.255 e. The highest BCUT2D eigenvalue weighted by atomic mass is 32.1. The van der Waals surface area contributed by atoms with Crippen LogP contribution < -0.4 is 0 Å². The maximum atomic E-state index is 13.8. The summed E-state index contributed by atoms with van der Waals surface area (Å²) >= 11 is 1.65. The van der Waals surface area contributed by atoms with E-state index in [1.807, 2.05) is 34.7 Å². The van der Waals surface area contributed by atoms with Crippen LogP contribution in [0.15, 0.2) is 60.2 Å². The summed E-state index contributed by atoms with van der Waals surface area (Å²) in [4.78, 5) is 26.1. The van der Waals surface area contributed by atoms with E-state index >= 15 is 0 Å². The van der Waals surface area contributed by atoms with Crippen LogP contribution in [0.1, 0.15) is 45.9 Å². The quantitative estimate of drug-likeness (QED) is 0.417. The zero-order chi connectivity index (χ0) is 20.7. The second kappa shape index (κ2) is 7.65. The van der Waals surface area contributed by atoms with Gasteiger partial charge in [0.15, 0.2) is 0 Å². The van der Waals surface area contributed by atoms with Crippen LogP contribution in [0.5, 0.6) is 0 Å². The van der Waals surface area contributed by atoms with E-state index in [2.05, 4.69) is 43.1 Å². The normalized spacial score (nSPS) is 16.3. The number of carbonyl (C=O) groups is 1. The van der Waals surface area contributed by atoms with E-state index in [4.69, 9.17) is 4.98 Å². The molecule has 1 unspecified atom stereocenters. The maximum absolute atomic E-state index is 13.8. The van der Waals surface area contributed by atoms with E-state index in [0.29, 0.717) is 0 Å². The summed E-state index contributed by atoms with van der Waals surface area (Å²) in [7, 11) is 0. The topological polar surface area (TPSA) is 46.1 Å². The molecule has 1 amide bonds. The molecule has 1 atom stereocenters. The highest BCUT2D eigenvalue weighted by Gasteiger charge is 2.32. The van der Waals surface area contributed by atoms with Crippen LogP contribution in [0.2, 0.25) is 0 Å². The van der Waals surface area contributed by atoms with Crippen molar-refractivity contribution in [3.63, 3.8) is 0 Å². The number of aromatic nitrogens is 2. The molecule has 0 radical (unpaired) electrons. The molecule has 0 spiro atoms. The van der Waals surface area contributed by atoms with Gasteiger partial charge in [-0.25, -0.2) is 4.98 Å². The summed E-state index contributed by atoms with van der Waals surface area (Å²) in [6.07, 6.45) is 5.63. The van der Waals surface area contributed by atoms with E-state index in [9.17, 15) is 4.79 Å². The molecule has 0 aliphatic carbocycles. The summed E-state index contributed by atoms with van der Waals surface area (Å²) in [5.41, 5.74) is 5.94. The molecule has 3 aromatic heterocycles. The minimum atomic E-state index is 0.0751. The Labute approximate surface area is 180 Å². The fourth-order valence-corrected chi connectivity index (χ4v) is 4.98. The number of benzene rings is 1. The predicted octanol–water partition coefficient (Wildman–Crippen LogP) is 5.95. The Hall–Kier alpha value is -3.05. The predicted molar refractivity (Wildman–Crippen MR) is 122 cm³/mol. The van der Waals surface area contributed by atoms with E-state index < -0.39 is 0 Å². The van der Waals surface area contributed by atoms with Crippen LogP contribution in [0.3, 0.4) is 0 Å². The summed E-state index contributed by atoms with van der Waals surface area (Å²) in [5.74, 6) is 0.0785. The first kappa shape index (κ1) is 18.9. The number of carbonyl (C=O) groups excluding carboxylic acids is 1. The van der Waals surface area contributed by atoms with Gasteiger partial charge in [-0.15, -0.1) is 11.3 Å². The minimum absolute atomic E-state index is 0.0751. The Morgan fingerprint density at radius 3 is 2.77 bits per heavy atom. The Kier molecular flexibility index (Phi) is 4.83. The first-order valence-corrected chi connectivity index (χ1v) is 11.2. The highest BCUT2D eigenvalue weighted by molar-refractivity contribution is 7.13. The average Bonchev–Trinajstić information content (AvgIpc) is 3.46. The Morgan fingerprint density at radius 2 is 2.00 bits per heavy atom. The summed E-state index contributed by atoms with van der Waals surface area (Å²) < 4.78 is 0. The molecule has 0 N–H and O–H groups in total. The van der Waals surface area contributed by atoms with Gasteiger partial charge in [-0.1, -0.05) is 12.1 Å². The smallest absolute Gasteiger partial charge is 0.255 e. The standard InChI is InChI=1S/C25H23N3OS/c1-16-12-19-20(14-22(24-8-5-11-30-24)27-21(19)13-17(16)2)25(29)28-10-4-7-23(28)18-6-3-9-26-15-18/h3,5-6,8-9,11-15,23H,4,7,10H2,1-2H3. The summed E-state index contributed by atoms with van der Waals surface area (Å²) in [6.45, 7) is 4.95. The van der Waals surface area contributed by atoms with Crippen LogP contribution in [-0.2, 0) is 0 Å². The number of aryl methyl sites for hydroxylation is 2. The van der Waals surface area contributed by atoms with Crippen molar-refractivity contribution in [1.82, 2.24) is 14.9 Å². The molecule has 0 bridgehead atoms. The molecule has 1 aromatic carbocycles. The number of hydrogen-bond donors (Lipinski definition) is 0. The molecule has 1 fully saturated rings. The van der Waals surface area contributed by atoms with Crippen molar-refractivity contribution in [2.24, 2.45) is 0 Å². The largest absolute Gasteiger partial charge is 0.332 e. The minimum Gasteiger partial charge on any atom is -0.332 e. The molecule has 150 valence electrons. The Morgan fingerprint density at radius 1 is 1.13 bits per heavy atom. The number of likely N-dealkylation sites (tertiary alicyclic amines) is 1. The lowest BCUT2D eigenvalue weighted by atomic mass is 9.99. The number of thiophene rings is 1. The van der Waals surface area contributed by atoms with Crippen molar-refractivity contribution in [2.75, 3.05) is 6.54 Å². The van der Waals surface area contributed by atoms with E-state index in [1.54, 1.807) is 17.5 Å². The molecular weight excluding hydrogens is 390 g/mol. The van der Waals surface area contributed by atoms with Gasteiger partial charge in [0.2, 0.25) is 0 Å². The van der Waals surface area contributed by atoms with Crippen LogP contribution >= 0.6 is 11.3 Å². The van der Waals surface area contributed by atoms with Gasteiger partial charge < -0.3 is 4.90 Å². The van der Waals surface area contributed by atoms with Gasteiger partial charge in [-0.2, -0.15) is 0 Å². The third-order valence-electron chi connectivity index (χ3n) is 6.01. The number of nitrogens with zero attached hydrogens (tertiary/aromatic N) is 3. The monoisotopic (exact) mass is 413 g/mol. The molecule has 4 nitrogen and oxygen atoms in total. The fraction of sp³-hybridized carbons (Fsp3) is 0.240. The molecule has 1 aliphatic rings. The van der Waals surface area contributed by atoms with Crippen molar-refractivity contribution in [2.45, 2.75) is 32.7 Å². The molecule has 0 saturated carbocycles. The van der Waals surface area contributed by atoms with Gasteiger partial charge in [0.05, 0.1) is 27.7 Å². The zero-order valence-corrected chi connectivity index (χ0v) is 17.9. The lowest BCUT2D eigenvalue weighted by molar-refractivity contribution is 0.0737. The molecule has 4 aromatic rings. The van der Waals surface area contributed by atoms with Crippen molar-refractivity contribution in [3.8, 4) is 10.6 Å². The van der Waals surface area contributed by atoms with Gasteiger partial charge >= 0.3 is 0 Å². The molecule has 1 aliphatic heterocycles. The summed E-state index contributed by atoms with van der Waals surface area (Å²) in [5, 5.41) is 2.97. The third kappa shape index (κ3) is 3.29. The van der Waals surface area contributed by atoms with Crippen molar-refractivity contribution < 1.29 is 4.79 Å². The molecular formula is C25H23N3OS. The molecule has 30 heavy (non-hydrogen) atoms. The zero-order valence-electron chi connectivity index (χ0n) is 17.1. The number of amides is 1.